The third kappa shape index (κ3) is 8.53. The smallest absolute Gasteiger partial charge is 0.0580 e. The van der Waals surface area contributed by atoms with E-state index in [0.29, 0.717) is 6.54 Å². The quantitative estimate of drug-likeness (QED) is 0.469. The van der Waals surface area contributed by atoms with Gasteiger partial charge in [-0.3, -0.25) is 0 Å². The molecule has 1 rings (SSSR count). The summed E-state index contributed by atoms with van der Waals surface area (Å²) in [6.45, 7) is 4.76. The van der Waals surface area contributed by atoms with Crippen LogP contribution >= 0.6 is 0 Å². The topological polar surface area (TPSA) is 46.2 Å². The fraction of sp³-hybridized carbons (Fsp3) is 0.714. The molecule has 0 bridgehead atoms. The highest BCUT2D eigenvalue weighted by molar-refractivity contribution is 5.26. The number of rotatable bonds is 13. The molecule has 0 aliphatic carbocycles. The first-order valence-corrected chi connectivity index (χ1v) is 9.66. The summed E-state index contributed by atoms with van der Waals surface area (Å²) in [7, 11) is 0. The van der Waals surface area contributed by atoms with Crippen LogP contribution in [0.2, 0.25) is 0 Å². The molecule has 0 saturated heterocycles. The van der Waals surface area contributed by atoms with Crippen molar-refractivity contribution in [3.05, 3.63) is 35.4 Å². The molecule has 1 aromatic rings. The number of benzene rings is 1. The second kappa shape index (κ2) is 12.5. The molecule has 3 N–H and O–H groups in total. The molecule has 0 spiro atoms. The van der Waals surface area contributed by atoms with Crippen molar-refractivity contribution in [1.82, 2.24) is 0 Å². The van der Waals surface area contributed by atoms with Crippen molar-refractivity contribution >= 4 is 0 Å². The van der Waals surface area contributed by atoms with Gasteiger partial charge in [0.2, 0.25) is 0 Å². The first-order chi connectivity index (χ1) is 11.2. The lowest BCUT2D eigenvalue weighted by atomic mass is 9.88. The molecule has 0 fully saturated rings. The fourth-order valence-corrected chi connectivity index (χ4v) is 3.26. The molecule has 0 radical (unpaired) electrons. The average molecular weight is 320 g/mol. The molecule has 0 amide bonds. The lowest BCUT2D eigenvalue weighted by molar-refractivity contribution is 0.156. The SMILES string of the molecule is CCCCCCCCCCCC(c1ccc(CN)cc1)C(C)O. The van der Waals surface area contributed by atoms with Crippen molar-refractivity contribution in [2.24, 2.45) is 5.73 Å². The van der Waals surface area contributed by atoms with Gasteiger partial charge < -0.3 is 10.8 Å². The van der Waals surface area contributed by atoms with Crippen LogP contribution < -0.4 is 5.73 Å². The largest absolute Gasteiger partial charge is 0.393 e. The summed E-state index contributed by atoms with van der Waals surface area (Å²) in [4.78, 5) is 0. The van der Waals surface area contributed by atoms with Crippen molar-refractivity contribution in [3.8, 4) is 0 Å². The molecule has 2 nitrogen and oxygen atoms in total. The van der Waals surface area contributed by atoms with E-state index in [1.807, 2.05) is 6.92 Å². The van der Waals surface area contributed by atoms with Gasteiger partial charge in [-0.2, -0.15) is 0 Å². The number of nitrogens with two attached hydrogens (primary N) is 1. The number of aliphatic hydroxyl groups is 1. The van der Waals surface area contributed by atoms with Crippen LogP contribution in [-0.4, -0.2) is 11.2 Å². The molecule has 2 unspecified atom stereocenters. The van der Waals surface area contributed by atoms with Gasteiger partial charge in [-0.25, -0.2) is 0 Å². The summed E-state index contributed by atoms with van der Waals surface area (Å²) in [6, 6.07) is 8.43. The molecule has 1 aromatic carbocycles. The highest BCUT2D eigenvalue weighted by Gasteiger charge is 2.16. The monoisotopic (exact) mass is 319 g/mol. The summed E-state index contributed by atoms with van der Waals surface area (Å²) >= 11 is 0. The first-order valence-electron chi connectivity index (χ1n) is 9.66. The van der Waals surface area contributed by atoms with E-state index in [1.165, 1.54) is 63.4 Å². The fourth-order valence-electron chi connectivity index (χ4n) is 3.26. The number of hydrogen-bond acceptors (Lipinski definition) is 2. The zero-order valence-electron chi connectivity index (χ0n) is 15.3. The van der Waals surface area contributed by atoms with E-state index in [0.717, 1.165) is 12.0 Å². The maximum Gasteiger partial charge on any atom is 0.0580 e. The standard InChI is InChI=1S/C21H37NO/c1-3-4-5-6-7-8-9-10-11-12-21(18(2)23)20-15-13-19(17-22)14-16-20/h13-16,18,21,23H,3-12,17,22H2,1-2H3. The van der Waals surface area contributed by atoms with Gasteiger partial charge in [0, 0.05) is 12.5 Å². The van der Waals surface area contributed by atoms with Crippen LogP contribution in [0.3, 0.4) is 0 Å². The van der Waals surface area contributed by atoms with E-state index < -0.39 is 0 Å². The molecular weight excluding hydrogens is 282 g/mol. The van der Waals surface area contributed by atoms with E-state index in [2.05, 4.69) is 31.2 Å². The molecule has 132 valence electrons. The van der Waals surface area contributed by atoms with Crippen LogP contribution in [0, 0.1) is 0 Å². The Morgan fingerprint density at radius 2 is 1.39 bits per heavy atom. The predicted octanol–water partition coefficient (Wildman–Crippen LogP) is 5.53. The maximum absolute atomic E-state index is 10.1. The van der Waals surface area contributed by atoms with Crippen LogP contribution in [-0.2, 0) is 6.54 Å². The summed E-state index contributed by atoms with van der Waals surface area (Å²) < 4.78 is 0. The van der Waals surface area contributed by atoms with Crippen LogP contribution in [0.5, 0.6) is 0 Å². The first kappa shape index (κ1) is 20.2. The lowest BCUT2D eigenvalue weighted by Gasteiger charge is -2.20. The molecule has 2 atom stereocenters. The third-order valence-electron chi connectivity index (χ3n) is 4.84. The third-order valence-corrected chi connectivity index (χ3v) is 4.84. The van der Waals surface area contributed by atoms with Gasteiger partial charge in [-0.05, 0) is 24.5 Å². The van der Waals surface area contributed by atoms with Crippen molar-refractivity contribution in [1.29, 1.82) is 0 Å². The van der Waals surface area contributed by atoms with Crippen LogP contribution in [0.4, 0.5) is 0 Å². The zero-order chi connectivity index (χ0) is 16.9. The Kier molecular flexibility index (Phi) is 11.0. The van der Waals surface area contributed by atoms with E-state index in [9.17, 15) is 5.11 Å². The molecule has 2 heteroatoms. The minimum Gasteiger partial charge on any atom is -0.393 e. The molecule has 0 saturated carbocycles. The van der Waals surface area contributed by atoms with Gasteiger partial charge in [0.15, 0.2) is 0 Å². The molecule has 0 aliphatic heterocycles. The average Bonchev–Trinajstić information content (AvgIpc) is 2.56. The molecule has 0 heterocycles. The predicted molar refractivity (Wildman–Crippen MR) is 101 cm³/mol. The number of hydrogen-bond donors (Lipinski definition) is 2. The molecule has 0 aliphatic rings. The van der Waals surface area contributed by atoms with Crippen molar-refractivity contribution in [3.63, 3.8) is 0 Å². The Balaban J connectivity index is 2.23. The van der Waals surface area contributed by atoms with Gasteiger partial charge in [-0.15, -0.1) is 0 Å². The van der Waals surface area contributed by atoms with Gasteiger partial charge >= 0.3 is 0 Å². The zero-order valence-corrected chi connectivity index (χ0v) is 15.3. The van der Waals surface area contributed by atoms with E-state index in [4.69, 9.17) is 5.73 Å². The Bertz CT molecular complexity index is 385. The van der Waals surface area contributed by atoms with Gasteiger partial charge in [-0.1, -0.05) is 89.0 Å². The molecule has 23 heavy (non-hydrogen) atoms. The van der Waals surface area contributed by atoms with E-state index >= 15 is 0 Å². The summed E-state index contributed by atoms with van der Waals surface area (Å²) in [6.07, 6.45) is 12.9. The Morgan fingerprint density at radius 3 is 1.87 bits per heavy atom. The van der Waals surface area contributed by atoms with Crippen molar-refractivity contribution in [2.45, 2.75) is 96.6 Å². The number of aliphatic hydroxyl groups excluding tert-OH is 1. The highest BCUT2D eigenvalue weighted by Crippen LogP contribution is 2.26. The number of unbranched alkanes of at least 4 members (excludes halogenated alkanes) is 8. The van der Waals surface area contributed by atoms with E-state index in [1.54, 1.807) is 0 Å². The van der Waals surface area contributed by atoms with Gasteiger partial charge in [0.1, 0.15) is 0 Å². The molecule has 0 aromatic heterocycles. The minimum absolute atomic E-state index is 0.256. The second-order valence-corrected chi connectivity index (χ2v) is 6.91. The normalized spacial score (nSPS) is 13.9. The maximum atomic E-state index is 10.1. The lowest BCUT2D eigenvalue weighted by Crippen LogP contribution is -2.15. The van der Waals surface area contributed by atoms with Crippen molar-refractivity contribution in [2.75, 3.05) is 0 Å². The van der Waals surface area contributed by atoms with Crippen molar-refractivity contribution < 1.29 is 5.11 Å². The highest BCUT2D eigenvalue weighted by atomic mass is 16.3. The Labute approximate surface area is 143 Å². The van der Waals surface area contributed by atoms with Crippen LogP contribution in [0.15, 0.2) is 24.3 Å². The summed E-state index contributed by atoms with van der Waals surface area (Å²) in [5.41, 5.74) is 8.05. The molecular formula is C21H37NO. The van der Waals surface area contributed by atoms with E-state index in [-0.39, 0.29) is 12.0 Å². The van der Waals surface area contributed by atoms with Crippen LogP contribution in [0.25, 0.3) is 0 Å². The van der Waals surface area contributed by atoms with Gasteiger partial charge in [0.25, 0.3) is 0 Å². The minimum atomic E-state index is -0.284. The Hall–Kier alpha value is -0.860. The Morgan fingerprint density at radius 1 is 0.870 bits per heavy atom. The van der Waals surface area contributed by atoms with Crippen LogP contribution in [0.1, 0.15) is 95.1 Å². The summed E-state index contributed by atoms with van der Waals surface area (Å²) in [5.74, 6) is 0.256. The second-order valence-electron chi connectivity index (χ2n) is 6.91. The van der Waals surface area contributed by atoms with Gasteiger partial charge in [0.05, 0.1) is 6.10 Å². The summed E-state index contributed by atoms with van der Waals surface area (Å²) in [5, 5.41) is 10.1.